The van der Waals surface area contributed by atoms with Gasteiger partial charge in [0.1, 0.15) is 11.4 Å². The van der Waals surface area contributed by atoms with Gasteiger partial charge in [0.25, 0.3) is 5.91 Å². The minimum Gasteiger partial charge on any atom is -0.395 e. The Hall–Kier alpha value is -2.67. The summed E-state index contributed by atoms with van der Waals surface area (Å²) in [5, 5.41) is 11.9. The number of hydrogen-bond donors (Lipinski definition) is 2. The van der Waals surface area contributed by atoms with Gasteiger partial charge in [-0.1, -0.05) is 23.7 Å². The number of halogens is 1. The van der Waals surface area contributed by atoms with Crippen LogP contribution in [-0.2, 0) is 4.79 Å². The minimum atomic E-state index is -0.618. The quantitative estimate of drug-likeness (QED) is 0.827. The zero-order valence-electron chi connectivity index (χ0n) is 11.6. The van der Waals surface area contributed by atoms with Crippen molar-refractivity contribution in [1.82, 2.24) is 15.2 Å². The van der Waals surface area contributed by atoms with E-state index in [0.717, 1.165) is 5.01 Å². The lowest BCUT2D eigenvalue weighted by molar-refractivity contribution is -0.126. The third-order valence-electron chi connectivity index (χ3n) is 3.24. The number of hydrogen-bond acceptors (Lipinski definition) is 5. The van der Waals surface area contributed by atoms with E-state index >= 15 is 0 Å². The largest absolute Gasteiger partial charge is 0.395 e. The van der Waals surface area contributed by atoms with Crippen LogP contribution in [0.2, 0.25) is 5.02 Å². The van der Waals surface area contributed by atoms with E-state index in [1.54, 1.807) is 31.2 Å². The Morgan fingerprint density at radius 3 is 2.64 bits per heavy atom. The number of H-pyrrole nitrogens is 1. The van der Waals surface area contributed by atoms with Crippen molar-refractivity contribution < 1.29 is 9.59 Å². The lowest BCUT2D eigenvalue weighted by atomic mass is 10.1. The molecule has 0 aliphatic carbocycles. The molecule has 0 bridgehead atoms. The van der Waals surface area contributed by atoms with Gasteiger partial charge in [-0.3, -0.25) is 14.7 Å². The minimum absolute atomic E-state index is 0.0387. The van der Waals surface area contributed by atoms with Gasteiger partial charge in [-0.25, -0.2) is 0 Å². The molecular weight excluding hydrogens is 306 g/mol. The summed E-state index contributed by atoms with van der Waals surface area (Å²) in [6, 6.07) is 6.88. The van der Waals surface area contributed by atoms with Gasteiger partial charge in [-0.2, -0.15) is 15.2 Å². The molecule has 112 valence electrons. The maximum Gasteiger partial charge on any atom is 0.301 e. The van der Waals surface area contributed by atoms with E-state index in [4.69, 9.17) is 17.3 Å². The average Bonchev–Trinajstić information content (AvgIpc) is 3.02. The Morgan fingerprint density at radius 2 is 2.05 bits per heavy atom. The van der Waals surface area contributed by atoms with Crippen LogP contribution in [0.4, 0.5) is 5.69 Å². The summed E-state index contributed by atoms with van der Waals surface area (Å²) in [5.74, 6) is -1.00. The first-order valence-corrected chi connectivity index (χ1v) is 6.86. The van der Waals surface area contributed by atoms with Crippen LogP contribution in [0.3, 0.4) is 0 Å². The van der Waals surface area contributed by atoms with Crippen molar-refractivity contribution in [2.45, 2.75) is 13.3 Å². The molecule has 0 saturated heterocycles. The molecule has 22 heavy (non-hydrogen) atoms. The standard InChI is InChI=1S/C14H12ClN5O2/c1-7-6-10(21)20(19-7)14(22)13-11(16)12(17-18-13)8-2-4-9(15)5-3-8/h2-5H,6,16H2,1H3,(H,17,18). The second-order valence-electron chi connectivity index (χ2n) is 4.89. The topological polar surface area (TPSA) is 104 Å². The van der Waals surface area contributed by atoms with Crippen LogP contribution < -0.4 is 5.73 Å². The van der Waals surface area contributed by atoms with Gasteiger partial charge in [0.15, 0.2) is 0 Å². The fraction of sp³-hybridized carbons (Fsp3) is 0.143. The molecule has 1 aliphatic heterocycles. The van der Waals surface area contributed by atoms with Crippen LogP contribution in [0.25, 0.3) is 11.3 Å². The molecule has 7 nitrogen and oxygen atoms in total. The van der Waals surface area contributed by atoms with Gasteiger partial charge in [-0.15, -0.1) is 0 Å². The molecule has 0 unspecified atom stereocenters. The lowest BCUT2D eigenvalue weighted by Gasteiger charge is -2.08. The van der Waals surface area contributed by atoms with Crippen molar-refractivity contribution >= 4 is 34.8 Å². The van der Waals surface area contributed by atoms with Crippen LogP contribution >= 0.6 is 11.6 Å². The number of nitrogens with two attached hydrogens (primary N) is 1. The number of amides is 2. The summed E-state index contributed by atoms with van der Waals surface area (Å²) in [6.45, 7) is 1.68. The second-order valence-corrected chi connectivity index (χ2v) is 5.33. The van der Waals surface area contributed by atoms with Gasteiger partial charge < -0.3 is 5.73 Å². The summed E-state index contributed by atoms with van der Waals surface area (Å²) in [6.07, 6.45) is 0.129. The van der Waals surface area contributed by atoms with Crippen molar-refractivity contribution in [3.63, 3.8) is 0 Å². The monoisotopic (exact) mass is 317 g/mol. The molecule has 2 amide bonds. The highest BCUT2D eigenvalue weighted by molar-refractivity contribution is 6.30. The summed E-state index contributed by atoms with van der Waals surface area (Å²) in [4.78, 5) is 24.1. The molecule has 0 atom stereocenters. The van der Waals surface area contributed by atoms with E-state index in [0.29, 0.717) is 22.0 Å². The Labute approximate surface area is 130 Å². The molecular formula is C14H12ClN5O2. The number of nitrogens with one attached hydrogen (secondary N) is 1. The molecule has 1 aromatic carbocycles. The van der Waals surface area contributed by atoms with Crippen LogP contribution in [0.1, 0.15) is 23.8 Å². The van der Waals surface area contributed by atoms with Crippen LogP contribution in [0, 0.1) is 0 Å². The number of rotatable bonds is 2. The molecule has 0 fully saturated rings. The van der Waals surface area contributed by atoms with E-state index in [9.17, 15) is 9.59 Å². The van der Waals surface area contributed by atoms with Crippen LogP contribution in [0.15, 0.2) is 29.4 Å². The first-order valence-electron chi connectivity index (χ1n) is 6.48. The molecule has 1 aromatic heterocycles. The number of carbonyl (C=O) groups is 2. The van der Waals surface area contributed by atoms with Gasteiger partial charge in [-0.05, 0) is 19.1 Å². The molecule has 0 spiro atoms. The number of anilines is 1. The van der Waals surface area contributed by atoms with Gasteiger partial charge >= 0.3 is 5.91 Å². The summed E-state index contributed by atoms with van der Waals surface area (Å²) < 4.78 is 0. The van der Waals surface area contributed by atoms with E-state index in [2.05, 4.69) is 15.3 Å². The SMILES string of the molecule is CC1=NN(C(=O)c2[nH]nc(-c3ccc(Cl)cc3)c2N)C(=O)C1. The number of hydrazone groups is 1. The van der Waals surface area contributed by atoms with Crippen LogP contribution in [0.5, 0.6) is 0 Å². The first kappa shape index (κ1) is 14.3. The third-order valence-corrected chi connectivity index (χ3v) is 3.49. The van der Waals surface area contributed by atoms with E-state index in [1.165, 1.54) is 0 Å². The van der Waals surface area contributed by atoms with Gasteiger partial charge in [0.2, 0.25) is 0 Å². The number of carbonyl (C=O) groups excluding carboxylic acids is 2. The van der Waals surface area contributed by atoms with Crippen molar-refractivity contribution in [2.75, 3.05) is 5.73 Å². The Bertz CT molecular complexity index is 794. The summed E-state index contributed by atoms with van der Waals surface area (Å²) in [5.41, 5.74) is 7.91. The molecule has 2 aromatic rings. The highest BCUT2D eigenvalue weighted by Gasteiger charge is 2.31. The van der Waals surface area contributed by atoms with E-state index < -0.39 is 5.91 Å². The van der Waals surface area contributed by atoms with E-state index in [-0.39, 0.29) is 23.7 Å². The van der Waals surface area contributed by atoms with Gasteiger partial charge in [0, 0.05) is 16.3 Å². The number of aromatic nitrogens is 2. The van der Waals surface area contributed by atoms with Crippen molar-refractivity contribution in [1.29, 1.82) is 0 Å². The third kappa shape index (κ3) is 2.35. The molecule has 3 N–H and O–H groups in total. The zero-order chi connectivity index (χ0) is 15.9. The van der Waals surface area contributed by atoms with Crippen molar-refractivity contribution in [3.8, 4) is 11.3 Å². The average molecular weight is 318 g/mol. The highest BCUT2D eigenvalue weighted by atomic mass is 35.5. The predicted molar refractivity (Wildman–Crippen MR) is 82.3 cm³/mol. The summed E-state index contributed by atoms with van der Waals surface area (Å²) in [7, 11) is 0. The Morgan fingerprint density at radius 1 is 1.36 bits per heavy atom. The smallest absolute Gasteiger partial charge is 0.301 e. The molecule has 0 radical (unpaired) electrons. The van der Waals surface area contributed by atoms with Crippen molar-refractivity contribution in [2.24, 2.45) is 5.10 Å². The normalized spacial score (nSPS) is 14.4. The fourth-order valence-electron chi connectivity index (χ4n) is 2.16. The summed E-state index contributed by atoms with van der Waals surface area (Å²) >= 11 is 5.84. The number of nitrogen functional groups attached to an aromatic ring is 1. The lowest BCUT2D eigenvalue weighted by Crippen LogP contribution is -2.29. The Balaban J connectivity index is 1.95. The Kier molecular flexibility index (Phi) is 3.42. The van der Waals surface area contributed by atoms with Crippen LogP contribution in [-0.4, -0.2) is 32.7 Å². The number of imide groups is 1. The zero-order valence-corrected chi connectivity index (χ0v) is 12.4. The second kappa shape index (κ2) is 5.27. The maximum atomic E-state index is 12.3. The number of benzene rings is 1. The molecule has 1 aliphatic rings. The predicted octanol–water partition coefficient (Wildman–Crippen LogP) is 2.06. The number of nitrogens with zero attached hydrogens (tertiary/aromatic N) is 3. The number of aromatic amines is 1. The molecule has 8 heteroatoms. The fourth-order valence-corrected chi connectivity index (χ4v) is 2.29. The molecule has 0 saturated carbocycles. The molecule has 3 rings (SSSR count). The highest BCUT2D eigenvalue weighted by Crippen LogP contribution is 2.28. The van der Waals surface area contributed by atoms with Crippen molar-refractivity contribution in [3.05, 3.63) is 35.0 Å². The van der Waals surface area contributed by atoms with Gasteiger partial charge in [0.05, 0.1) is 12.1 Å². The first-order chi connectivity index (χ1) is 10.5. The maximum absolute atomic E-state index is 12.3. The molecule has 2 heterocycles. The van der Waals surface area contributed by atoms with E-state index in [1.807, 2.05) is 0 Å².